The van der Waals surface area contributed by atoms with Gasteiger partial charge in [-0.1, -0.05) is 25.4 Å². The molecule has 1 atom stereocenters. The number of nitrogens with zero attached hydrogens (tertiary/aromatic N) is 2. The number of nitro groups is 1. The van der Waals surface area contributed by atoms with Gasteiger partial charge in [-0.3, -0.25) is 10.1 Å². The summed E-state index contributed by atoms with van der Waals surface area (Å²) in [6.07, 6.45) is 0. The second kappa shape index (κ2) is 5.97. The van der Waals surface area contributed by atoms with E-state index in [1.54, 1.807) is 13.8 Å². The number of nitro benzene ring substituents is 1. The standard InChI is InChI=1S/C12H14ClN3O4S/c1-8(2)12(3,7-14)15-21(19,20)9-4-5-10(13)11(6-9)16(17)18/h4-6,8,15H,1-3H3/t12-/m0/s1. The topological polar surface area (TPSA) is 113 Å². The molecule has 0 bridgehead atoms. The Hall–Kier alpha value is -1.69. The number of benzene rings is 1. The number of halogens is 1. The third-order valence-electron chi connectivity index (χ3n) is 3.16. The summed E-state index contributed by atoms with van der Waals surface area (Å²) in [6, 6.07) is 5.05. The van der Waals surface area contributed by atoms with E-state index in [0.717, 1.165) is 18.2 Å². The highest BCUT2D eigenvalue weighted by molar-refractivity contribution is 7.89. The van der Waals surface area contributed by atoms with Gasteiger partial charge in [0.15, 0.2) is 0 Å². The van der Waals surface area contributed by atoms with Crippen molar-refractivity contribution in [2.45, 2.75) is 31.2 Å². The predicted octanol–water partition coefficient (Wildman–Crippen LogP) is 2.46. The van der Waals surface area contributed by atoms with Gasteiger partial charge in [0.1, 0.15) is 10.6 Å². The number of sulfonamides is 1. The SMILES string of the molecule is CC(C)[C@](C)(C#N)NS(=O)(=O)c1ccc(Cl)c([N+](=O)[O-])c1. The normalized spacial score (nSPS) is 14.5. The summed E-state index contributed by atoms with van der Waals surface area (Å²) in [6.45, 7) is 4.83. The molecule has 1 aromatic carbocycles. The molecule has 0 aliphatic rings. The first-order chi connectivity index (χ1) is 9.53. The summed E-state index contributed by atoms with van der Waals surface area (Å²) in [5, 5.41) is 19.8. The third-order valence-corrected chi connectivity index (χ3v) is 5.04. The number of nitrogens with one attached hydrogen (secondary N) is 1. The van der Waals surface area contributed by atoms with Gasteiger partial charge in [-0.2, -0.15) is 9.98 Å². The van der Waals surface area contributed by atoms with Gasteiger partial charge in [-0.15, -0.1) is 0 Å². The van der Waals surface area contributed by atoms with Crippen molar-refractivity contribution in [1.29, 1.82) is 5.26 Å². The van der Waals surface area contributed by atoms with E-state index in [2.05, 4.69) is 4.72 Å². The molecular weight excluding hydrogens is 318 g/mol. The van der Waals surface area contributed by atoms with Crippen molar-refractivity contribution in [1.82, 2.24) is 4.72 Å². The first kappa shape index (κ1) is 17.4. The van der Waals surface area contributed by atoms with Crippen LogP contribution in [-0.2, 0) is 10.0 Å². The Labute approximate surface area is 127 Å². The molecule has 0 spiro atoms. The molecule has 21 heavy (non-hydrogen) atoms. The molecule has 0 saturated heterocycles. The molecule has 0 radical (unpaired) electrons. The zero-order valence-corrected chi connectivity index (χ0v) is 13.2. The van der Waals surface area contributed by atoms with E-state index in [1.165, 1.54) is 6.92 Å². The molecule has 9 heteroatoms. The van der Waals surface area contributed by atoms with Gasteiger partial charge in [0.25, 0.3) is 5.69 Å². The molecule has 1 rings (SSSR count). The molecule has 0 saturated carbocycles. The molecule has 114 valence electrons. The van der Waals surface area contributed by atoms with Gasteiger partial charge in [-0.25, -0.2) is 8.42 Å². The molecule has 0 heterocycles. The molecule has 0 unspecified atom stereocenters. The molecule has 0 aliphatic carbocycles. The Kier molecular flexibility index (Phi) is 4.94. The van der Waals surface area contributed by atoms with E-state index in [9.17, 15) is 18.5 Å². The Morgan fingerprint density at radius 3 is 2.48 bits per heavy atom. The lowest BCUT2D eigenvalue weighted by Crippen LogP contribution is -2.48. The molecule has 7 nitrogen and oxygen atoms in total. The van der Waals surface area contributed by atoms with Crippen LogP contribution in [0, 0.1) is 27.4 Å². The third kappa shape index (κ3) is 3.69. The molecule has 0 fully saturated rings. The minimum Gasteiger partial charge on any atom is -0.258 e. The van der Waals surface area contributed by atoms with Crippen LogP contribution in [0.5, 0.6) is 0 Å². The van der Waals surface area contributed by atoms with Crippen LogP contribution in [0.25, 0.3) is 0 Å². The molecule has 1 N–H and O–H groups in total. The predicted molar refractivity (Wildman–Crippen MR) is 77.3 cm³/mol. The molecule has 0 amide bonds. The van der Waals surface area contributed by atoms with E-state index < -0.39 is 26.2 Å². The summed E-state index contributed by atoms with van der Waals surface area (Å²) >= 11 is 5.64. The number of hydrogen-bond donors (Lipinski definition) is 1. The minimum atomic E-state index is -4.08. The summed E-state index contributed by atoms with van der Waals surface area (Å²) in [7, 11) is -4.08. The summed E-state index contributed by atoms with van der Waals surface area (Å²) in [5.41, 5.74) is -1.84. The van der Waals surface area contributed by atoms with Crippen molar-refractivity contribution in [2.24, 2.45) is 5.92 Å². The fraction of sp³-hybridized carbons (Fsp3) is 0.417. The number of rotatable bonds is 5. The lowest BCUT2D eigenvalue weighted by Gasteiger charge is -2.26. The fourth-order valence-electron chi connectivity index (χ4n) is 1.41. The highest BCUT2D eigenvalue weighted by Crippen LogP contribution is 2.28. The fourth-order valence-corrected chi connectivity index (χ4v) is 3.07. The second-order valence-electron chi connectivity index (χ2n) is 4.94. The monoisotopic (exact) mass is 331 g/mol. The van der Waals surface area contributed by atoms with Crippen molar-refractivity contribution in [3.8, 4) is 6.07 Å². The lowest BCUT2D eigenvalue weighted by molar-refractivity contribution is -0.384. The van der Waals surface area contributed by atoms with Crippen molar-refractivity contribution in [2.75, 3.05) is 0 Å². The van der Waals surface area contributed by atoms with Gasteiger partial charge < -0.3 is 0 Å². The van der Waals surface area contributed by atoms with Crippen molar-refractivity contribution >= 4 is 27.3 Å². The van der Waals surface area contributed by atoms with Gasteiger partial charge in [-0.05, 0) is 25.0 Å². The van der Waals surface area contributed by atoms with Gasteiger partial charge in [0.2, 0.25) is 10.0 Å². The summed E-state index contributed by atoms with van der Waals surface area (Å²) in [4.78, 5) is 9.71. The van der Waals surface area contributed by atoms with Gasteiger partial charge >= 0.3 is 0 Å². The largest absolute Gasteiger partial charge is 0.289 e. The lowest BCUT2D eigenvalue weighted by atomic mass is 9.92. The molecule has 0 aromatic heterocycles. The Morgan fingerprint density at radius 2 is 2.05 bits per heavy atom. The maximum absolute atomic E-state index is 12.3. The van der Waals surface area contributed by atoms with Crippen LogP contribution in [0.1, 0.15) is 20.8 Å². The smallest absolute Gasteiger partial charge is 0.258 e. The second-order valence-corrected chi connectivity index (χ2v) is 7.03. The van der Waals surface area contributed by atoms with Crippen LogP contribution >= 0.6 is 11.6 Å². The van der Waals surface area contributed by atoms with Crippen LogP contribution in [-0.4, -0.2) is 18.9 Å². The Morgan fingerprint density at radius 1 is 1.48 bits per heavy atom. The van der Waals surface area contributed by atoms with Gasteiger partial charge in [0, 0.05) is 6.07 Å². The van der Waals surface area contributed by atoms with E-state index >= 15 is 0 Å². The van der Waals surface area contributed by atoms with Crippen LogP contribution in [0.4, 0.5) is 5.69 Å². The van der Waals surface area contributed by atoms with Crippen molar-refractivity contribution in [3.63, 3.8) is 0 Å². The van der Waals surface area contributed by atoms with Crippen LogP contribution in [0.3, 0.4) is 0 Å². The van der Waals surface area contributed by atoms with Crippen molar-refractivity contribution < 1.29 is 13.3 Å². The van der Waals surface area contributed by atoms with Crippen LogP contribution < -0.4 is 4.72 Å². The summed E-state index contributed by atoms with van der Waals surface area (Å²) in [5.74, 6) is -0.292. The van der Waals surface area contributed by atoms with E-state index in [1.807, 2.05) is 6.07 Å². The van der Waals surface area contributed by atoms with E-state index in [0.29, 0.717) is 0 Å². The van der Waals surface area contributed by atoms with Crippen LogP contribution in [0.15, 0.2) is 23.1 Å². The zero-order valence-electron chi connectivity index (χ0n) is 11.6. The van der Waals surface area contributed by atoms with Gasteiger partial charge in [0.05, 0.1) is 15.9 Å². The highest BCUT2D eigenvalue weighted by atomic mass is 35.5. The molecule has 1 aromatic rings. The Bertz CT molecular complexity index is 712. The number of nitriles is 1. The maximum atomic E-state index is 12.3. The first-order valence-corrected chi connectivity index (χ1v) is 7.79. The van der Waals surface area contributed by atoms with Crippen LogP contribution in [0.2, 0.25) is 5.02 Å². The quantitative estimate of drug-likeness (QED) is 0.657. The zero-order chi connectivity index (χ0) is 16.4. The average molecular weight is 332 g/mol. The maximum Gasteiger partial charge on any atom is 0.289 e. The molecule has 0 aliphatic heterocycles. The van der Waals surface area contributed by atoms with Crippen molar-refractivity contribution in [3.05, 3.63) is 33.3 Å². The van der Waals surface area contributed by atoms with E-state index in [4.69, 9.17) is 16.9 Å². The minimum absolute atomic E-state index is 0.161. The Balaban J connectivity index is 3.30. The number of hydrogen-bond acceptors (Lipinski definition) is 5. The van der Waals surface area contributed by atoms with E-state index in [-0.39, 0.29) is 15.8 Å². The molecular formula is C12H14ClN3O4S. The average Bonchev–Trinajstić information content (AvgIpc) is 2.37. The summed E-state index contributed by atoms with van der Waals surface area (Å²) < 4.78 is 26.8. The highest BCUT2D eigenvalue weighted by Gasteiger charge is 2.34. The first-order valence-electron chi connectivity index (χ1n) is 5.92.